The number of benzene rings is 1. The van der Waals surface area contributed by atoms with Crippen LogP contribution in [-0.4, -0.2) is 14.8 Å². The molecule has 3 aromatic rings. The highest BCUT2D eigenvalue weighted by molar-refractivity contribution is 5.57. The van der Waals surface area contributed by atoms with E-state index in [0.717, 1.165) is 5.69 Å². The van der Waals surface area contributed by atoms with Crippen molar-refractivity contribution in [3.63, 3.8) is 0 Å². The molecule has 0 aliphatic carbocycles. The van der Waals surface area contributed by atoms with Crippen LogP contribution in [0.15, 0.2) is 61.1 Å². The fraction of sp³-hybridized carbons (Fsp3) is 0.125. The molecule has 0 aliphatic rings. The molecule has 1 N–H and O–H groups in total. The van der Waals surface area contributed by atoms with Gasteiger partial charge in [-0.25, -0.2) is 14.1 Å². The van der Waals surface area contributed by atoms with Crippen molar-refractivity contribution < 1.29 is 4.39 Å². The lowest BCUT2D eigenvalue weighted by Gasteiger charge is -2.18. The summed E-state index contributed by atoms with van der Waals surface area (Å²) >= 11 is 0. The van der Waals surface area contributed by atoms with E-state index < -0.39 is 0 Å². The third-order valence-corrected chi connectivity index (χ3v) is 3.25. The molecule has 2 heterocycles. The summed E-state index contributed by atoms with van der Waals surface area (Å²) < 4.78 is 15.5. The first kappa shape index (κ1) is 13.3. The molecule has 0 aliphatic heterocycles. The molecule has 0 fully saturated rings. The van der Waals surface area contributed by atoms with Crippen LogP contribution in [0.25, 0.3) is 5.82 Å². The van der Waals surface area contributed by atoms with Crippen LogP contribution in [0.4, 0.5) is 10.1 Å². The van der Waals surface area contributed by atoms with Gasteiger partial charge in [0.15, 0.2) is 5.82 Å². The highest BCUT2D eigenvalue weighted by atomic mass is 19.1. The minimum Gasteiger partial charge on any atom is -0.375 e. The number of pyridine rings is 1. The Hall–Kier alpha value is -2.69. The largest absolute Gasteiger partial charge is 0.375 e. The standard InChI is InChI=1S/C16H15FN4/c1-12(13-6-2-3-7-14(13)17)20-15-8-4-9-18-16(15)21-11-5-10-19-21/h2-12,20H,1H3. The zero-order valence-electron chi connectivity index (χ0n) is 11.6. The molecule has 0 bridgehead atoms. The van der Waals surface area contributed by atoms with Crippen molar-refractivity contribution in [2.24, 2.45) is 0 Å². The molecule has 106 valence electrons. The fourth-order valence-electron chi connectivity index (χ4n) is 2.22. The van der Waals surface area contributed by atoms with Crippen molar-refractivity contribution >= 4 is 5.69 Å². The molecule has 0 saturated heterocycles. The van der Waals surface area contributed by atoms with E-state index >= 15 is 0 Å². The number of hydrogen-bond acceptors (Lipinski definition) is 3. The Morgan fingerprint density at radius 1 is 1.10 bits per heavy atom. The second kappa shape index (κ2) is 5.75. The van der Waals surface area contributed by atoms with Gasteiger partial charge in [-0.1, -0.05) is 18.2 Å². The molecule has 0 amide bonds. The summed E-state index contributed by atoms with van der Waals surface area (Å²) in [7, 11) is 0. The lowest BCUT2D eigenvalue weighted by atomic mass is 10.1. The number of nitrogens with one attached hydrogen (secondary N) is 1. The zero-order chi connectivity index (χ0) is 14.7. The van der Waals surface area contributed by atoms with Crippen LogP contribution in [0, 0.1) is 5.82 Å². The summed E-state index contributed by atoms with van der Waals surface area (Å²) in [6, 6.07) is 12.1. The van der Waals surface area contributed by atoms with Crippen LogP contribution in [-0.2, 0) is 0 Å². The van der Waals surface area contributed by atoms with E-state index in [2.05, 4.69) is 15.4 Å². The van der Waals surface area contributed by atoms with Crippen LogP contribution in [0.2, 0.25) is 0 Å². The molecule has 1 atom stereocenters. The minimum absolute atomic E-state index is 0.176. The number of hydrogen-bond donors (Lipinski definition) is 1. The van der Waals surface area contributed by atoms with Crippen LogP contribution < -0.4 is 5.32 Å². The Kier molecular flexibility index (Phi) is 3.64. The van der Waals surface area contributed by atoms with Crippen LogP contribution in [0.1, 0.15) is 18.5 Å². The molecule has 0 radical (unpaired) electrons. The van der Waals surface area contributed by atoms with Crippen molar-refractivity contribution in [2.45, 2.75) is 13.0 Å². The van der Waals surface area contributed by atoms with E-state index in [4.69, 9.17) is 0 Å². The molecule has 5 heteroatoms. The maximum atomic E-state index is 13.8. The Bertz CT molecular complexity index is 725. The second-order valence-electron chi connectivity index (χ2n) is 4.71. The third-order valence-electron chi connectivity index (χ3n) is 3.25. The van der Waals surface area contributed by atoms with E-state index in [9.17, 15) is 4.39 Å². The van der Waals surface area contributed by atoms with Gasteiger partial charge in [-0.3, -0.25) is 0 Å². The summed E-state index contributed by atoms with van der Waals surface area (Å²) in [4.78, 5) is 4.33. The molecule has 2 aromatic heterocycles. The number of anilines is 1. The number of nitrogens with zero attached hydrogens (tertiary/aromatic N) is 3. The molecular formula is C16H15FN4. The lowest BCUT2D eigenvalue weighted by molar-refractivity contribution is 0.600. The summed E-state index contributed by atoms with van der Waals surface area (Å²) in [6.07, 6.45) is 5.22. The Morgan fingerprint density at radius 3 is 2.71 bits per heavy atom. The molecule has 0 spiro atoms. The van der Waals surface area contributed by atoms with E-state index in [-0.39, 0.29) is 11.9 Å². The number of aromatic nitrogens is 3. The quantitative estimate of drug-likeness (QED) is 0.795. The first-order valence-corrected chi connectivity index (χ1v) is 6.71. The molecule has 1 unspecified atom stereocenters. The SMILES string of the molecule is CC(Nc1cccnc1-n1cccn1)c1ccccc1F. The molecule has 4 nitrogen and oxygen atoms in total. The maximum absolute atomic E-state index is 13.8. The summed E-state index contributed by atoms with van der Waals surface area (Å²) in [5.74, 6) is 0.465. The number of rotatable bonds is 4. The Labute approximate surface area is 122 Å². The Morgan fingerprint density at radius 2 is 1.95 bits per heavy atom. The van der Waals surface area contributed by atoms with Gasteiger partial charge >= 0.3 is 0 Å². The van der Waals surface area contributed by atoms with E-state index in [1.54, 1.807) is 29.2 Å². The van der Waals surface area contributed by atoms with E-state index in [1.807, 2.05) is 37.4 Å². The topological polar surface area (TPSA) is 42.7 Å². The first-order valence-electron chi connectivity index (χ1n) is 6.71. The summed E-state index contributed by atoms with van der Waals surface area (Å²) in [5.41, 5.74) is 1.42. The van der Waals surface area contributed by atoms with Gasteiger partial charge in [0.05, 0.1) is 11.7 Å². The molecule has 21 heavy (non-hydrogen) atoms. The second-order valence-corrected chi connectivity index (χ2v) is 4.71. The van der Waals surface area contributed by atoms with E-state index in [1.165, 1.54) is 6.07 Å². The van der Waals surface area contributed by atoms with Crippen molar-refractivity contribution in [3.05, 3.63) is 72.4 Å². The van der Waals surface area contributed by atoms with Gasteiger partial charge < -0.3 is 5.32 Å². The van der Waals surface area contributed by atoms with Gasteiger partial charge in [-0.05, 0) is 31.2 Å². The predicted octanol–water partition coefficient (Wildman–Crippen LogP) is 3.58. The van der Waals surface area contributed by atoms with Gasteiger partial charge in [-0.2, -0.15) is 5.10 Å². The van der Waals surface area contributed by atoms with Gasteiger partial charge in [-0.15, -0.1) is 0 Å². The number of halogens is 1. The average molecular weight is 282 g/mol. The van der Waals surface area contributed by atoms with Crippen molar-refractivity contribution in [1.82, 2.24) is 14.8 Å². The van der Waals surface area contributed by atoms with Gasteiger partial charge in [0, 0.05) is 24.2 Å². The van der Waals surface area contributed by atoms with Crippen molar-refractivity contribution in [2.75, 3.05) is 5.32 Å². The lowest BCUT2D eigenvalue weighted by Crippen LogP contribution is -2.11. The van der Waals surface area contributed by atoms with Gasteiger partial charge in [0.2, 0.25) is 0 Å². The van der Waals surface area contributed by atoms with Gasteiger partial charge in [0.1, 0.15) is 5.82 Å². The monoisotopic (exact) mass is 282 g/mol. The maximum Gasteiger partial charge on any atom is 0.176 e. The highest BCUT2D eigenvalue weighted by Gasteiger charge is 2.13. The van der Waals surface area contributed by atoms with Crippen molar-refractivity contribution in [3.8, 4) is 5.82 Å². The predicted molar refractivity (Wildman–Crippen MR) is 79.8 cm³/mol. The molecule has 3 rings (SSSR count). The van der Waals surface area contributed by atoms with E-state index in [0.29, 0.717) is 11.4 Å². The van der Waals surface area contributed by atoms with Crippen LogP contribution in [0.3, 0.4) is 0 Å². The van der Waals surface area contributed by atoms with Crippen molar-refractivity contribution in [1.29, 1.82) is 0 Å². The smallest absolute Gasteiger partial charge is 0.176 e. The molecule has 0 saturated carbocycles. The summed E-state index contributed by atoms with van der Waals surface area (Å²) in [6.45, 7) is 1.91. The zero-order valence-corrected chi connectivity index (χ0v) is 11.6. The normalized spacial score (nSPS) is 12.1. The fourth-order valence-corrected chi connectivity index (χ4v) is 2.22. The summed E-state index contributed by atoms with van der Waals surface area (Å²) in [5, 5.41) is 7.48. The van der Waals surface area contributed by atoms with Gasteiger partial charge in [0.25, 0.3) is 0 Å². The minimum atomic E-state index is -0.220. The Balaban J connectivity index is 1.91. The van der Waals surface area contributed by atoms with Crippen LogP contribution in [0.5, 0.6) is 0 Å². The average Bonchev–Trinajstić information content (AvgIpc) is 3.02. The third kappa shape index (κ3) is 2.76. The highest BCUT2D eigenvalue weighted by Crippen LogP contribution is 2.24. The van der Waals surface area contributed by atoms with Crippen LogP contribution >= 0.6 is 0 Å². The molecular weight excluding hydrogens is 267 g/mol. The first-order chi connectivity index (χ1) is 10.3. The molecule has 1 aromatic carbocycles.